The van der Waals surface area contributed by atoms with Gasteiger partial charge in [0.15, 0.2) is 8.32 Å². The van der Waals surface area contributed by atoms with Crippen molar-refractivity contribution < 1.29 is 50.2 Å². The molecule has 0 aromatic heterocycles. The summed E-state index contributed by atoms with van der Waals surface area (Å²) in [6.45, 7) is 18.1. The van der Waals surface area contributed by atoms with Crippen LogP contribution in [-0.2, 0) is 51.9 Å². The standard InChI is InChI=1S/C28H52O11SSi/c1-28(2,3)41(4,5)39-26-24-37-22-20-35-18-16-33-14-12-31-11-13-32-15-17-34-19-21-36-23-25-38-40(29,30)27-9-7-6-8-10-27/h6-10H,11-26H2,1-5H3. The van der Waals surface area contributed by atoms with Crippen LogP contribution in [-0.4, -0.2) is 122 Å². The van der Waals surface area contributed by atoms with Crippen molar-refractivity contribution in [2.75, 3.05) is 106 Å². The van der Waals surface area contributed by atoms with E-state index < -0.39 is 18.4 Å². The van der Waals surface area contributed by atoms with Crippen LogP contribution in [0.5, 0.6) is 0 Å². The zero-order valence-electron chi connectivity index (χ0n) is 25.6. The molecule has 0 aliphatic rings. The van der Waals surface area contributed by atoms with Crippen LogP contribution in [0.1, 0.15) is 20.8 Å². The molecule has 13 heteroatoms. The molecule has 240 valence electrons. The molecule has 0 spiro atoms. The maximum absolute atomic E-state index is 12.0. The third-order valence-electron chi connectivity index (χ3n) is 6.23. The first-order valence-corrected chi connectivity index (χ1v) is 18.5. The predicted octanol–water partition coefficient (Wildman–Crippen LogP) is 3.53. The Balaban J connectivity index is 1.74. The lowest BCUT2D eigenvalue weighted by Crippen LogP contribution is -2.41. The molecule has 0 radical (unpaired) electrons. The summed E-state index contributed by atoms with van der Waals surface area (Å²) in [6.07, 6.45) is 0. The molecule has 11 nitrogen and oxygen atoms in total. The van der Waals surface area contributed by atoms with E-state index in [1.807, 2.05) is 0 Å². The van der Waals surface area contributed by atoms with Crippen LogP contribution in [0.4, 0.5) is 0 Å². The highest BCUT2D eigenvalue weighted by molar-refractivity contribution is 7.86. The molecule has 1 aromatic rings. The van der Waals surface area contributed by atoms with Crippen molar-refractivity contribution in [1.82, 2.24) is 0 Å². The van der Waals surface area contributed by atoms with Crippen LogP contribution in [0.2, 0.25) is 18.1 Å². The smallest absolute Gasteiger partial charge is 0.297 e. The van der Waals surface area contributed by atoms with Crippen LogP contribution in [0.3, 0.4) is 0 Å². The third-order valence-corrected chi connectivity index (χ3v) is 12.1. The fourth-order valence-corrected chi connectivity index (χ4v) is 4.79. The molecule has 0 saturated heterocycles. The second kappa shape index (κ2) is 22.5. The Bertz CT molecular complexity index is 848. The number of benzene rings is 1. The van der Waals surface area contributed by atoms with Crippen LogP contribution in [0.15, 0.2) is 35.2 Å². The number of ether oxygens (including phenoxy) is 7. The van der Waals surface area contributed by atoms with Crippen molar-refractivity contribution in [2.45, 2.75) is 43.8 Å². The number of hydrogen-bond acceptors (Lipinski definition) is 11. The van der Waals surface area contributed by atoms with Gasteiger partial charge >= 0.3 is 0 Å². The van der Waals surface area contributed by atoms with Crippen LogP contribution < -0.4 is 0 Å². The average molecular weight is 625 g/mol. The Labute approximate surface area is 248 Å². The Morgan fingerprint density at radius 2 is 0.854 bits per heavy atom. The van der Waals surface area contributed by atoms with Gasteiger partial charge in [0.05, 0.1) is 111 Å². The van der Waals surface area contributed by atoms with Gasteiger partial charge in [0.2, 0.25) is 0 Å². The molecular formula is C28H52O11SSi. The largest absolute Gasteiger partial charge is 0.414 e. The minimum Gasteiger partial charge on any atom is -0.414 e. The highest BCUT2D eigenvalue weighted by Gasteiger charge is 2.36. The topological polar surface area (TPSA) is 117 Å². The van der Waals surface area contributed by atoms with Crippen LogP contribution in [0, 0.1) is 0 Å². The molecule has 0 heterocycles. The van der Waals surface area contributed by atoms with Crippen LogP contribution >= 0.6 is 0 Å². The molecule has 0 saturated carbocycles. The summed E-state index contributed by atoms with van der Waals surface area (Å²) in [4.78, 5) is 0.125. The summed E-state index contributed by atoms with van der Waals surface area (Å²) in [6, 6.07) is 7.99. The molecule has 0 unspecified atom stereocenters. The average Bonchev–Trinajstić information content (AvgIpc) is 2.93. The van der Waals surface area contributed by atoms with Gasteiger partial charge in [-0.25, -0.2) is 0 Å². The van der Waals surface area contributed by atoms with Gasteiger partial charge in [-0.05, 0) is 30.3 Å². The molecule has 0 fully saturated rings. The van der Waals surface area contributed by atoms with Gasteiger partial charge < -0.3 is 37.6 Å². The summed E-state index contributed by atoms with van der Waals surface area (Å²) in [5, 5.41) is 0.210. The van der Waals surface area contributed by atoms with E-state index in [2.05, 4.69) is 33.9 Å². The second-order valence-electron chi connectivity index (χ2n) is 10.5. The first-order valence-electron chi connectivity index (χ1n) is 14.2. The Morgan fingerprint density at radius 3 is 1.20 bits per heavy atom. The van der Waals surface area contributed by atoms with Gasteiger partial charge in [0, 0.05) is 0 Å². The maximum atomic E-state index is 12.0. The summed E-state index contributed by atoms with van der Waals surface area (Å²) < 4.78 is 73.1. The van der Waals surface area contributed by atoms with E-state index >= 15 is 0 Å². The minimum atomic E-state index is -3.75. The molecular weight excluding hydrogens is 572 g/mol. The van der Waals surface area contributed by atoms with Crippen molar-refractivity contribution in [3.63, 3.8) is 0 Å². The zero-order valence-corrected chi connectivity index (χ0v) is 27.4. The molecule has 41 heavy (non-hydrogen) atoms. The molecule has 1 rings (SSSR count). The van der Waals surface area contributed by atoms with E-state index in [9.17, 15) is 8.42 Å². The molecule has 0 atom stereocenters. The lowest BCUT2D eigenvalue weighted by Gasteiger charge is -2.36. The van der Waals surface area contributed by atoms with Crippen molar-refractivity contribution in [3.8, 4) is 0 Å². The Morgan fingerprint density at radius 1 is 0.537 bits per heavy atom. The van der Waals surface area contributed by atoms with E-state index in [-0.39, 0.29) is 23.1 Å². The normalized spacial score (nSPS) is 12.7. The van der Waals surface area contributed by atoms with E-state index in [0.717, 1.165) is 0 Å². The van der Waals surface area contributed by atoms with Crippen molar-refractivity contribution in [1.29, 1.82) is 0 Å². The van der Waals surface area contributed by atoms with E-state index in [0.29, 0.717) is 92.5 Å². The van der Waals surface area contributed by atoms with E-state index in [1.165, 1.54) is 12.1 Å². The summed E-state index contributed by atoms with van der Waals surface area (Å²) in [7, 11) is -5.45. The highest BCUT2D eigenvalue weighted by atomic mass is 32.2. The van der Waals surface area contributed by atoms with Crippen molar-refractivity contribution in [2.24, 2.45) is 0 Å². The maximum Gasteiger partial charge on any atom is 0.297 e. The van der Waals surface area contributed by atoms with Crippen molar-refractivity contribution >= 4 is 18.4 Å². The fraction of sp³-hybridized carbons (Fsp3) is 0.786. The fourth-order valence-electron chi connectivity index (χ4n) is 2.85. The molecule has 1 aromatic carbocycles. The Kier molecular flexibility index (Phi) is 20.9. The first-order chi connectivity index (χ1) is 19.6. The van der Waals surface area contributed by atoms with Gasteiger partial charge in [-0.1, -0.05) is 39.0 Å². The quantitative estimate of drug-likeness (QED) is 0.0813. The second-order valence-corrected chi connectivity index (χ2v) is 16.9. The monoisotopic (exact) mass is 624 g/mol. The van der Waals surface area contributed by atoms with Gasteiger partial charge in [0.25, 0.3) is 10.1 Å². The van der Waals surface area contributed by atoms with Gasteiger partial charge in [-0.3, -0.25) is 4.18 Å². The lowest BCUT2D eigenvalue weighted by atomic mass is 10.2. The molecule has 0 aliphatic heterocycles. The molecule has 0 amide bonds. The van der Waals surface area contributed by atoms with E-state index in [4.69, 9.17) is 41.8 Å². The minimum absolute atomic E-state index is 0.0524. The Hall–Kier alpha value is -0.973. The summed E-state index contributed by atoms with van der Waals surface area (Å²) in [5.74, 6) is 0. The SMILES string of the molecule is CC(C)(C)[Si](C)(C)OCCOCCOCCOCCOCCOCCOCCOCCOS(=O)(=O)c1ccccc1. The number of rotatable bonds is 27. The predicted molar refractivity (Wildman–Crippen MR) is 158 cm³/mol. The molecule has 0 bridgehead atoms. The zero-order chi connectivity index (χ0) is 30.3. The first kappa shape index (κ1) is 38.1. The third kappa shape index (κ3) is 19.8. The molecule has 0 aliphatic carbocycles. The highest BCUT2D eigenvalue weighted by Crippen LogP contribution is 2.36. The van der Waals surface area contributed by atoms with Gasteiger partial charge in [-0.15, -0.1) is 0 Å². The van der Waals surface area contributed by atoms with Crippen molar-refractivity contribution in [3.05, 3.63) is 30.3 Å². The summed E-state index contributed by atoms with van der Waals surface area (Å²) in [5.41, 5.74) is 0. The van der Waals surface area contributed by atoms with Crippen LogP contribution in [0.25, 0.3) is 0 Å². The lowest BCUT2D eigenvalue weighted by molar-refractivity contribution is -0.0219. The van der Waals surface area contributed by atoms with Gasteiger partial charge in [0.1, 0.15) is 0 Å². The number of hydrogen-bond donors (Lipinski definition) is 0. The van der Waals surface area contributed by atoms with Gasteiger partial charge in [-0.2, -0.15) is 8.42 Å². The summed E-state index contributed by atoms with van der Waals surface area (Å²) >= 11 is 0. The van der Waals surface area contributed by atoms with E-state index in [1.54, 1.807) is 18.2 Å². The molecule has 0 N–H and O–H groups in total.